The summed E-state index contributed by atoms with van der Waals surface area (Å²) in [5, 5.41) is 9.94. The predicted octanol–water partition coefficient (Wildman–Crippen LogP) is 0.505. The zero-order valence-corrected chi connectivity index (χ0v) is 4.50. The highest BCUT2D eigenvalue weighted by molar-refractivity contribution is 5.41. The summed E-state index contributed by atoms with van der Waals surface area (Å²) in [7, 11) is 0. The van der Waals surface area contributed by atoms with Crippen molar-refractivity contribution in [3.8, 4) is 0 Å². The number of nitrogens with zero attached hydrogens (tertiary/aromatic N) is 1. The van der Waals surface area contributed by atoms with Crippen LogP contribution in [0.3, 0.4) is 0 Å². The highest BCUT2D eigenvalue weighted by Crippen LogP contribution is 2.12. The van der Waals surface area contributed by atoms with Gasteiger partial charge in [-0.05, 0) is 0 Å². The van der Waals surface area contributed by atoms with Crippen molar-refractivity contribution in [1.29, 1.82) is 0 Å². The summed E-state index contributed by atoms with van der Waals surface area (Å²) in [4.78, 5) is 11.9. The number of hydrogen-bond donors (Lipinski definition) is 2. The van der Waals surface area contributed by atoms with Crippen LogP contribution in [-0.2, 0) is 0 Å². The standard InChI is InChI=1S/C4H5N3O2/c5-4-1-3(2-6-4)7(8)9/h1-2,6H,5H2. The second-order valence-corrected chi connectivity index (χ2v) is 1.57. The minimum Gasteiger partial charge on any atom is -0.385 e. The zero-order chi connectivity index (χ0) is 6.85. The second kappa shape index (κ2) is 1.77. The molecule has 0 unspecified atom stereocenters. The lowest BCUT2D eigenvalue weighted by molar-refractivity contribution is -0.384. The van der Waals surface area contributed by atoms with Crippen LogP contribution < -0.4 is 5.73 Å². The van der Waals surface area contributed by atoms with E-state index < -0.39 is 4.92 Å². The van der Waals surface area contributed by atoms with Gasteiger partial charge < -0.3 is 10.7 Å². The first kappa shape index (κ1) is 5.61. The molecule has 0 amide bonds. The van der Waals surface area contributed by atoms with E-state index in [1.54, 1.807) is 0 Å². The maximum absolute atomic E-state index is 9.94. The van der Waals surface area contributed by atoms with Crippen molar-refractivity contribution in [2.75, 3.05) is 5.73 Å². The first-order valence-corrected chi connectivity index (χ1v) is 2.28. The molecule has 0 saturated carbocycles. The predicted molar refractivity (Wildman–Crippen MR) is 31.9 cm³/mol. The molecule has 0 radical (unpaired) electrons. The summed E-state index contributed by atoms with van der Waals surface area (Å²) >= 11 is 0. The molecule has 0 aromatic carbocycles. The molecule has 5 nitrogen and oxygen atoms in total. The first-order valence-electron chi connectivity index (χ1n) is 2.28. The molecular weight excluding hydrogens is 122 g/mol. The number of nitro groups is 1. The summed E-state index contributed by atoms with van der Waals surface area (Å²) in [6.07, 6.45) is 1.25. The van der Waals surface area contributed by atoms with Crippen LogP contribution in [0.1, 0.15) is 0 Å². The Labute approximate surface area is 50.6 Å². The Morgan fingerprint density at radius 3 is 2.67 bits per heavy atom. The van der Waals surface area contributed by atoms with Gasteiger partial charge in [0.1, 0.15) is 5.82 Å². The fourth-order valence-corrected chi connectivity index (χ4v) is 0.505. The summed E-state index contributed by atoms with van der Waals surface area (Å²) < 4.78 is 0. The second-order valence-electron chi connectivity index (χ2n) is 1.57. The Balaban J connectivity index is 2.98. The lowest BCUT2D eigenvalue weighted by Gasteiger charge is -1.77. The molecule has 0 aliphatic carbocycles. The highest BCUT2D eigenvalue weighted by atomic mass is 16.6. The molecule has 1 aromatic heterocycles. The lowest BCUT2D eigenvalue weighted by Crippen LogP contribution is -1.83. The van der Waals surface area contributed by atoms with E-state index in [4.69, 9.17) is 5.73 Å². The van der Waals surface area contributed by atoms with Gasteiger partial charge in [0, 0.05) is 0 Å². The Kier molecular flexibility index (Phi) is 1.11. The number of aromatic amines is 1. The topological polar surface area (TPSA) is 84.9 Å². The summed E-state index contributed by atoms with van der Waals surface area (Å²) in [5.41, 5.74) is 5.15. The van der Waals surface area contributed by atoms with Gasteiger partial charge in [0.2, 0.25) is 0 Å². The Morgan fingerprint density at radius 1 is 1.78 bits per heavy atom. The van der Waals surface area contributed by atoms with E-state index in [9.17, 15) is 10.1 Å². The number of H-pyrrole nitrogens is 1. The van der Waals surface area contributed by atoms with Crippen molar-refractivity contribution >= 4 is 11.5 Å². The molecule has 0 atom stereocenters. The van der Waals surface area contributed by atoms with Gasteiger partial charge in [-0.2, -0.15) is 0 Å². The van der Waals surface area contributed by atoms with Crippen molar-refractivity contribution in [3.63, 3.8) is 0 Å². The molecule has 1 rings (SSSR count). The summed E-state index contributed by atoms with van der Waals surface area (Å²) in [6, 6.07) is 1.26. The van der Waals surface area contributed by atoms with Crippen LogP contribution >= 0.6 is 0 Å². The van der Waals surface area contributed by atoms with Gasteiger partial charge in [0.15, 0.2) is 0 Å². The minimum atomic E-state index is -0.507. The molecule has 0 fully saturated rings. The van der Waals surface area contributed by atoms with E-state index in [2.05, 4.69) is 4.98 Å². The number of nitrogen functional groups attached to an aromatic ring is 1. The monoisotopic (exact) mass is 127 g/mol. The molecule has 0 aliphatic rings. The van der Waals surface area contributed by atoms with E-state index in [1.165, 1.54) is 12.3 Å². The maximum Gasteiger partial charge on any atom is 0.288 e. The van der Waals surface area contributed by atoms with E-state index in [1.807, 2.05) is 0 Å². The third kappa shape index (κ3) is 0.987. The van der Waals surface area contributed by atoms with Gasteiger partial charge in [0.25, 0.3) is 5.69 Å². The molecule has 9 heavy (non-hydrogen) atoms. The normalized spacial score (nSPS) is 9.33. The Hall–Kier alpha value is -1.52. The van der Waals surface area contributed by atoms with Gasteiger partial charge in [-0.1, -0.05) is 0 Å². The minimum absolute atomic E-state index is 0.00694. The third-order valence-electron chi connectivity index (χ3n) is 0.901. The average molecular weight is 127 g/mol. The molecule has 0 aliphatic heterocycles. The number of nitrogens with two attached hydrogens (primary N) is 1. The molecule has 0 spiro atoms. The van der Waals surface area contributed by atoms with Crippen LogP contribution in [-0.4, -0.2) is 9.91 Å². The van der Waals surface area contributed by atoms with Crippen molar-refractivity contribution in [2.45, 2.75) is 0 Å². The van der Waals surface area contributed by atoms with Crippen LogP contribution in [0.15, 0.2) is 12.3 Å². The van der Waals surface area contributed by atoms with E-state index in [0.29, 0.717) is 5.82 Å². The van der Waals surface area contributed by atoms with E-state index in [-0.39, 0.29) is 5.69 Å². The van der Waals surface area contributed by atoms with Crippen LogP contribution in [0.25, 0.3) is 0 Å². The molecule has 48 valence electrons. The fourth-order valence-electron chi connectivity index (χ4n) is 0.505. The maximum atomic E-state index is 9.94. The van der Waals surface area contributed by atoms with Crippen molar-refractivity contribution in [2.24, 2.45) is 0 Å². The molecule has 0 bridgehead atoms. The molecule has 1 heterocycles. The van der Waals surface area contributed by atoms with Crippen LogP contribution in [0.5, 0.6) is 0 Å². The summed E-state index contributed by atoms with van der Waals surface area (Å²) in [6.45, 7) is 0. The Morgan fingerprint density at radius 2 is 2.44 bits per heavy atom. The van der Waals surface area contributed by atoms with Gasteiger partial charge in [-0.15, -0.1) is 0 Å². The SMILES string of the molecule is Nc1cc([N+](=O)[O-])c[nH]1. The molecule has 5 heteroatoms. The smallest absolute Gasteiger partial charge is 0.288 e. The fraction of sp³-hybridized carbons (Fsp3) is 0. The van der Waals surface area contributed by atoms with E-state index in [0.717, 1.165) is 0 Å². The van der Waals surface area contributed by atoms with Gasteiger partial charge >= 0.3 is 0 Å². The van der Waals surface area contributed by atoms with Crippen molar-refractivity contribution < 1.29 is 4.92 Å². The largest absolute Gasteiger partial charge is 0.385 e. The van der Waals surface area contributed by atoms with Crippen molar-refractivity contribution in [3.05, 3.63) is 22.4 Å². The van der Waals surface area contributed by atoms with Crippen LogP contribution in [0.2, 0.25) is 0 Å². The molecular formula is C4H5N3O2. The lowest BCUT2D eigenvalue weighted by atomic mass is 10.5. The van der Waals surface area contributed by atoms with Gasteiger partial charge in [-0.3, -0.25) is 10.1 Å². The molecule has 0 saturated heterocycles. The number of nitrogens with one attached hydrogen (secondary N) is 1. The summed E-state index contributed by atoms with van der Waals surface area (Å²) in [5.74, 6) is 0.307. The van der Waals surface area contributed by atoms with Crippen LogP contribution in [0, 0.1) is 10.1 Å². The number of hydrogen-bond acceptors (Lipinski definition) is 3. The van der Waals surface area contributed by atoms with Crippen LogP contribution in [0.4, 0.5) is 11.5 Å². The van der Waals surface area contributed by atoms with E-state index >= 15 is 0 Å². The Bertz CT molecular complexity index is 229. The highest BCUT2D eigenvalue weighted by Gasteiger charge is 2.04. The number of aromatic nitrogens is 1. The first-order chi connectivity index (χ1) is 4.20. The quantitative estimate of drug-likeness (QED) is 0.425. The average Bonchev–Trinajstić information content (AvgIpc) is 2.14. The van der Waals surface area contributed by atoms with Crippen molar-refractivity contribution in [1.82, 2.24) is 4.98 Å². The molecule has 3 N–H and O–H groups in total. The number of rotatable bonds is 1. The zero-order valence-electron chi connectivity index (χ0n) is 4.50. The van der Waals surface area contributed by atoms with Gasteiger partial charge in [0.05, 0.1) is 17.2 Å². The third-order valence-corrected chi connectivity index (χ3v) is 0.901. The van der Waals surface area contributed by atoms with Gasteiger partial charge in [-0.25, -0.2) is 0 Å². The number of anilines is 1. The molecule has 1 aromatic rings.